The molecule has 142 valence electrons. The minimum Gasteiger partial charge on any atom is -0.324 e. The third kappa shape index (κ3) is 7.25. The molecule has 0 aliphatic carbocycles. The minimum atomic E-state index is -4.69. The predicted octanol–water partition coefficient (Wildman–Crippen LogP) is -0.614. The Morgan fingerprint density at radius 2 is 1.88 bits per heavy atom. The molecule has 26 heavy (non-hydrogen) atoms. The average Bonchev–Trinajstić information content (AvgIpc) is 2.53. The Labute approximate surface area is 154 Å². The molecule has 0 aromatic heterocycles. The zero-order chi connectivity index (χ0) is 19.2. The maximum atomic E-state index is 12.3. The summed E-state index contributed by atoms with van der Waals surface area (Å²) in [6.07, 6.45) is 2.48. The van der Waals surface area contributed by atoms with E-state index in [-0.39, 0.29) is 5.91 Å². The molecular weight excluding hydrogens is 360 g/mol. The number of halogens is 1. The number of fused-ring (bicyclic) bond motifs is 1. The van der Waals surface area contributed by atoms with Gasteiger partial charge in [0.25, 0.3) is 0 Å². The van der Waals surface area contributed by atoms with E-state index in [1.807, 2.05) is 30.3 Å². The normalized spacial score (nSPS) is 18.1. The summed E-state index contributed by atoms with van der Waals surface area (Å²) in [7, 11) is -4.69. The minimum absolute atomic E-state index is 0.0838. The van der Waals surface area contributed by atoms with Crippen molar-refractivity contribution in [3.05, 3.63) is 42.5 Å². The number of likely N-dealkylation sites (tertiary alicyclic amines) is 1. The van der Waals surface area contributed by atoms with E-state index in [4.69, 9.17) is 18.6 Å². The van der Waals surface area contributed by atoms with Crippen LogP contribution in [0.15, 0.2) is 42.5 Å². The summed E-state index contributed by atoms with van der Waals surface area (Å²) in [6, 6.07) is 14.2. The smallest absolute Gasteiger partial charge is 0.238 e. The van der Waals surface area contributed by atoms with Gasteiger partial charge in [0.1, 0.15) is 0 Å². The van der Waals surface area contributed by atoms with E-state index in [2.05, 4.69) is 29.3 Å². The van der Waals surface area contributed by atoms with E-state index in [1.54, 1.807) is 0 Å². The van der Waals surface area contributed by atoms with E-state index in [1.165, 1.54) is 12.8 Å². The van der Waals surface area contributed by atoms with Crippen molar-refractivity contribution in [2.24, 2.45) is 5.92 Å². The number of amides is 1. The van der Waals surface area contributed by atoms with Crippen LogP contribution in [0.5, 0.6) is 0 Å². The molecule has 8 heteroatoms. The fraction of sp³-hybridized carbons (Fsp3) is 0.389. The molecule has 0 spiro atoms. The summed E-state index contributed by atoms with van der Waals surface area (Å²) in [4.78, 5) is 14.5. The van der Waals surface area contributed by atoms with Crippen LogP contribution in [0.1, 0.15) is 19.8 Å². The number of benzene rings is 2. The fourth-order valence-electron chi connectivity index (χ4n) is 3.16. The lowest BCUT2D eigenvalue weighted by atomic mass is 10.0. The first kappa shape index (κ1) is 20.6. The van der Waals surface area contributed by atoms with Gasteiger partial charge in [0, 0.05) is 17.6 Å². The first-order chi connectivity index (χ1) is 12.2. The Kier molecular flexibility index (Phi) is 7.33. The van der Waals surface area contributed by atoms with Crippen LogP contribution >= 0.6 is 0 Å². The number of nitrogens with one attached hydrogen (secondary N) is 1. The van der Waals surface area contributed by atoms with Crippen LogP contribution in [-0.4, -0.2) is 35.1 Å². The number of anilines is 1. The highest BCUT2D eigenvalue weighted by atomic mass is 35.7. The number of carbonyl (C=O) groups is 1. The monoisotopic (exact) mass is 382 g/mol. The molecule has 1 heterocycles. The highest BCUT2D eigenvalue weighted by molar-refractivity contribution is 6.02. The number of rotatable bonds is 3. The summed E-state index contributed by atoms with van der Waals surface area (Å²) in [5.41, 5.74) is 0.906. The Hall–Kier alpha value is -1.74. The van der Waals surface area contributed by atoms with Gasteiger partial charge in [-0.2, -0.15) is 14.0 Å². The van der Waals surface area contributed by atoms with Crippen molar-refractivity contribution in [3.8, 4) is 0 Å². The number of piperidine rings is 1. The van der Waals surface area contributed by atoms with Crippen LogP contribution in [0, 0.1) is 16.2 Å². The lowest BCUT2D eigenvalue weighted by molar-refractivity contribution is -1.92. The Bertz CT molecular complexity index is 724. The van der Waals surface area contributed by atoms with Gasteiger partial charge in [-0.05, 0) is 36.8 Å². The van der Waals surface area contributed by atoms with Crippen LogP contribution in [0.25, 0.3) is 10.8 Å². The van der Waals surface area contributed by atoms with E-state index < -0.39 is 10.2 Å². The second-order valence-corrected chi connectivity index (χ2v) is 7.25. The van der Waals surface area contributed by atoms with Crippen molar-refractivity contribution in [2.75, 3.05) is 25.0 Å². The van der Waals surface area contributed by atoms with Crippen LogP contribution < -0.4 is 19.3 Å². The van der Waals surface area contributed by atoms with Gasteiger partial charge in [-0.3, -0.25) is 9.69 Å². The van der Waals surface area contributed by atoms with Crippen molar-refractivity contribution < 1.29 is 33.7 Å². The Morgan fingerprint density at radius 3 is 2.58 bits per heavy atom. The fourth-order valence-corrected chi connectivity index (χ4v) is 3.16. The molecular formula is C18H23ClN2O5. The molecule has 0 saturated carbocycles. The second-order valence-electron chi connectivity index (χ2n) is 6.45. The summed E-state index contributed by atoms with van der Waals surface area (Å²) >= 11 is 0. The lowest BCUT2D eigenvalue weighted by Crippen LogP contribution is -2.58. The summed E-state index contributed by atoms with van der Waals surface area (Å²) in [6.45, 7) is 4.82. The molecule has 1 aliphatic heterocycles. The molecule has 7 nitrogen and oxygen atoms in total. The molecule has 1 amide bonds. The highest BCUT2D eigenvalue weighted by Gasteiger charge is 2.18. The summed E-state index contributed by atoms with van der Waals surface area (Å²) < 4.78 is 32.7. The van der Waals surface area contributed by atoms with Crippen LogP contribution in [0.2, 0.25) is 0 Å². The quantitative estimate of drug-likeness (QED) is 0.730. The van der Waals surface area contributed by atoms with E-state index in [0.717, 1.165) is 29.5 Å². The predicted molar refractivity (Wildman–Crippen MR) is 89.6 cm³/mol. The SMILES string of the molecule is CC1CCCN(CC(=O)Nc2cccc3ccccc23)C1.[O-][Cl+3]([O-])([O-])O. The summed E-state index contributed by atoms with van der Waals surface area (Å²) in [5.74, 6) is 0.782. The molecule has 2 aromatic rings. The molecule has 1 fully saturated rings. The highest BCUT2D eigenvalue weighted by Crippen LogP contribution is 2.23. The van der Waals surface area contributed by atoms with Crippen LogP contribution in [0.3, 0.4) is 0 Å². The van der Waals surface area contributed by atoms with Crippen molar-refractivity contribution in [1.29, 1.82) is 0 Å². The molecule has 1 unspecified atom stereocenters. The van der Waals surface area contributed by atoms with Gasteiger partial charge in [0.2, 0.25) is 5.91 Å². The summed E-state index contributed by atoms with van der Waals surface area (Å²) in [5, 5.41) is 5.32. The maximum absolute atomic E-state index is 12.3. The molecule has 0 bridgehead atoms. The molecule has 2 aromatic carbocycles. The Morgan fingerprint density at radius 1 is 1.23 bits per heavy atom. The first-order valence-corrected chi connectivity index (χ1v) is 9.62. The average molecular weight is 383 g/mol. The molecule has 3 rings (SSSR count). The van der Waals surface area contributed by atoms with Crippen molar-refractivity contribution >= 4 is 22.4 Å². The molecule has 1 saturated heterocycles. The van der Waals surface area contributed by atoms with E-state index in [9.17, 15) is 4.79 Å². The zero-order valence-corrected chi connectivity index (χ0v) is 15.3. The third-order valence-electron chi connectivity index (χ3n) is 4.17. The maximum Gasteiger partial charge on any atom is 0.238 e. The molecule has 1 aliphatic rings. The molecule has 1 atom stereocenters. The third-order valence-corrected chi connectivity index (χ3v) is 4.17. The van der Waals surface area contributed by atoms with Crippen molar-refractivity contribution in [2.45, 2.75) is 19.8 Å². The number of nitrogens with zero attached hydrogens (tertiary/aromatic N) is 1. The number of hydrogen-bond donors (Lipinski definition) is 2. The topological polar surface area (TPSA) is 122 Å². The van der Waals surface area contributed by atoms with Gasteiger partial charge >= 0.3 is 0 Å². The van der Waals surface area contributed by atoms with Gasteiger partial charge in [-0.25, -0.2) is 0 Å². The van der Waals surface area contributed by atoms with Gasteiger partial charge in [0.15, 0.2) is 0 Å². The van der Waals surface area contributed by atoms with Crippen LogP contribution in [0.4, 0.5) is 5.69 Å². The van der Waals surface area contributed by atoms with Gasteiger partial charge in [0.05, 0.1) is 21.4 Å². The molecule has 2 N–H and O–H groups in total. The number of hydrogen-bond acceptors (Lipinski definition) is 6. The standard InChI is InChI=1S/C18H22N2O.ClHO4/c1-14-6-5-11-20(12-14)13-18(21)19-17-10-4-8-15-7-2-3-9-16(15)17;2-1(3,4)5/h2-4,7-10,14H,5-6,11-13H2,1H3,(H,19,21);(H,2,3,4,5). The van der Waals surface area contributed by atoms with Crippen molar-refractivity contribution in [1.82, 2.24) is 4.90 Å². The number of carbonyl (C=O) groups excluding carboxylic acids is 1. The first-order valence-electron chi connectivity index (χ1n) is 8.35. The van der Waals surface area contributed by atoms with Crippen LogP contribution in [-0.2, 0) is 4.79 Å². The molecule has 0 radical (unpaired) electrons. The van der Waals surface area contributed by atoms with Gasteiger partial charge < -0.3 is 5.32 Å². The zero-order valence-electron chi connectivity index (χ0n) is 14.6. The second kappa shape index (κ2) is 9.27. The Balaban J connectivity index is 0.000000431. The largest absolute Gasteiger partial charge is 0.324 e. The van der Waals surface area contributed by atoms with Gasteiger partial charge in [-0.15, -0.1) is 0 Å². The van der Waals surface area contributed by atoms with Gasteiger partial charge in [-0.1, -0.05) is 43.3 Å². The van der Waals surface area contributed by atoms with E-state index in [0.29, 0.717) is 12.5 Å². The van der Waals surface area contributed by atoms with E-state index >= 15 is 0 Å². The lowest BCUT2D eigenvalue weighted by Gasteiger charge is -2.30. The van der Waals surface area contributed by atoms with Crippen molar-refractivity contribution in [3.63, 3.8) is 0 Å².